The third-order valence-corrected chi connectivity index (χ3v) is 5.40. The molecule has 0 amide bonds. The molecular weight excluding hydrogens is 370 g/mol. The van der Waals surface area contributed by atoms with Crippen LogP contribution in [0.5, 0.6) is 5.75 Å². The predicted molar refractivity (Wildman–Crippen MR) is 121 cm³/mol. The summed E-state index contributed by atoms with van der Waals surface area (Å²) in [6, 6.07) is 30.5. The lowest BCUT2D eigenvalue weighted by molar-refractivity contribution is 0.0738. The lowest BCUT2D eigenvalue weighted by atomic mass is 10.0. The minimum absolute atomic E-state index is 0.333. The molecule has 146 valence electrons. The number of para-hydroxylation sites is 1. The van der Waals surface area contributed by atoms with Gasteiger partial charge >= 0.3 is 5.97 Å². The van der Waals surface area contributed by atoms with E-state index >= 15 is 0 Å². The molecule has 0 aliphatic carbocycles. The summed E-state index contributed by atoms with van der Waals surface area (Å²) >= 11 is 0. The van der Waals surface area contributed by atoms with Crippen LogP contribution >= 0.6 is 0 Å². The van der Waals surface area contributed by atoms with Crippen LogP contribution < -0.4 is 9.64 Å². The van der Waals surface area contributed by atoms with Gasteiger partial charge in [0.1, 0.15) is 0 Å². The van der Waals surface area contributed by atoms with Crippen LogP contribution in [0.15, 0.2) is 91.0 Å². The Morgan fingerprint density at radius 3 is 2.07 bits per heavy atom. The van der Waals surface area contributed by atoms with Crippen LogP contribution in [0.1, 0.15) is 21.5 Å². The van der Waals surface area contributed by atoms with Gasteiger partial charge in [-0.15, -0.1) is 0 Å². The van der Waals surface area contributed by atoms with E-state index in [2.05, 4.69) is 29.2 Å². The summed E-state index contributed by atoms with van der Waals surface area (Å²) in [6.45, 7) is 3.98. The van der Waals surface area contributed by atoms with Crippen LogP contribution in [0, 0.1) is 13.8 Å². The Morgan fingerprint density at radius 1 is 0.633 bits per heavy atom. The van der Waals surface area contributed by atoms with Gasteiger partial charge in [-0.2, -0.15) is 0 Å². The molecule has 3 nitrogen and oxygen atoms in total. The van der Waals surface area contributed by atoms with E-state index in [-0.39, 0.29) is 5.97 Å². The maximum Gasteiger partial charge on any atom is 0.345 e. The van der Waals surface area contributed by atoms with Crippen molar-refractivity contribution in [2.45, 2.75) is 13.8 Å². The van der Waals surface area contributed by atoms with E-state index in [0.717, 1.165) is 39.3 Å². The Morgan fingerprint density at radius 2 is 1.27 bits per heavy atom. The fourth-order valence-corrected chi connectivity index (χ4v) is 3.97. The number of benzene rings is 4. The highest BCUT2D eigenvalue weighted by Crippen LogP contribution is 2.47. The summed E-state index contributed by atoms with van der Waals surface area (Å²) in [5, 5.41) is 0. The van der Waals surface area contributed by atoms with Crippen molar-refractivity contribution in [2.75, 3.05) is 4.90 Å². The molecule has 0 fully saturated rings. The Labute approximate surface area is 176 Å². The van der Waals surface area contributed by atoms with Gasteiger partial charge in [0.15, 0.2) is 5.75 Å². The molecule has 0 saturated carbocycles. The monoisotopic (exact) mass is 391 g/mol. The highest BCUT2D eigenvalue weighted by atomic mass is 16.5. The number of fused-ring (bicyclic) bond motifs is 2. The summed E-state index contributed by atoms with van der Waals surface area (Å²) < 4.78 is 5.84. The number of anilines is 3. The highest BCUT2D eigenvalue weighted by molar-refractivity contribution is 6.04. The SMILES string of the molecule is Cc1ccc2c(c1)OC(=O)c1cc(C)ccc1N2c1ccccc1-c1ccccc1. The molecule has 0 bridgehead atoms. The number of hydrogen-bond acceptors (Lipinski definition) is 3. The van der Waals surface area contributed by atoms with Crippen molar-refractivity contribution >= 4 is 23.0 Å². The van der Waals surface area contributed by atoms with Gasteiger partial charge in [0.25, 0.3) is 0 Å². The minimum Gasteiger partial charge on any atom is -0.421 e. The van der Waals surface area contributed by atoms with Gasteiger partial charge in [-0.1, -0.05) is 66.2 Å². The molecule has 0 atom stereocenters. The van der Waals surface area contributed by atoms with Crippen molar-refractivity contribution in [1.82, 2.24) is 0 Å². The smallest absolute Gasteiger partial charge is 0.345 e. The molecule has 3 heteroatoms. The van der Waals surface area contributed by atoms with E-state index in [4.69, 9.17) is 4.74 Å². The van der Waals surface area contributed by atoms with E-state index < -0.39 is 0 Å². The number of carbonyl (C=O) groups excluding carboxylic acids is 1. The number of ether oxygens (including phenoxy) is 1. The molecule has 0 spiro atoms. The fraction of sp³-hybridized carbons (Fsp3) is 0.0741. The highest BCUT2D eigenvalue weighted by Gasteiger charge is 2.29. The molecule has 4 aromatic carbocycles. The van der Waals surface area contributed by atoms with Crippen LogP contribution in [0.3, 0.4) is 0 Å². The van der Waals surface area contributed by atoms with Crippen molar-refractivity contribution in [1.29, 1.82) is 0 Å². The van der Waals surface area contributed by atoms with Gasteiger partial charge in [-0.3, -0.25) is 0 Å². The summed E-state index contributed by atoms with van der Waals surface area (Å²) in [4.78, 5) is 15.2. The Bertz CT molecular complexity index is 1260. The molecule has 1 aliphatic rings. The lowest BCUT2D eigenvalue weighted by Crippen LogP contribution is -2.13. The average molecular weight is 391 g/mol. The molecule has 4 aromatic rings. The number of aryl methyl sites for hydroxylation is 2. The van der Waals surface area contributed by atoms with Gasteiger partial charge in [-0.25, -0.2) is 4.79 Å². The third kappa shape index (κ3) is 3.05. The molecule has 5 rings (SSSR count). The summed E-state index contributed by atoms with van der Waals surface area (Å²) in [5.74, 6) is 0.233. The van der Waals surface area contributed by atoms with Crippen molar-refractivity contribution in [2.24, 2.45) is 0 Å². The molecule has 1 aliphatic heterocycles. The molecule has 30 heavy (non-hydrogen) atoms. The first-order valence-corrected chi connectivity index (χ1v) is 10.00. The van der Waals surface area contributed by atoms with Gasteiger partial charge < -0.3 is 9.64 Å². The van der Waals surface area contributed by atoms with Crippen molar-refractivity contribution in [3.8, 4) is 16.9 Å². The minimum atomic E-state index is -0.333. The quantitative estimate of drug-likeness (QED) is 0.273. The van der Waals surface area contributed by atoms with Crippen molar-refractivity contribution < 1.29 is 9.53 Å². The zero-order chi connectivity index (χ0) is 20.7. The summed E-state index contributed by atoms with van der Waals surface area (Å²) in [5.41, 5.74) is 7.49. The topological polar surface area (TPSA) is 29.5 Å². The van der Waals surface area contributed by atoms with Crippen molar-refractivity contribution in [3.05, 3.63) is 108 Å². The third-order valence-electron chi connectivity index (χ3n) is 5.40. The first kappa shape index (κ1) is 18.2. The van der Waals surface area contributed by atoms with Crippen molar-refractivity contribution in [3.63, 3.8) is 0 Å². The van der Waals surface area contributed by atoms with Gasteiger partial charge in [0.2, 0.25) is 0 Å². The second-order valence-electron chi connectivity index (χ2n) is 7.60. The zero-order valence-corrected chi connectivity index (χ0v) is 16.9. The maximum atomic E-state index is 13.0. The molecular formula is C27H21NO2. The molecule has 0 unspecified atom stereocenters. The van der Waals surface area contributed by atoms with E-state index in [1.54, 1.807) is 0 Å². The second kappa shape index (κ2) is 7.20. The zero-order valence-electron chi connectivity index (χ0n) is 16.9. The van der Waals surface area contributed by atoms with Crippen LogP contribution in [-0.4, -0.2) is 5.97 Å². The average Bonchev–Trinajstić information content (AvgIpc) is 2.88. The Kier molecular flexibility index (Phi) is 4.36. The van der Waals surface area contributed by atoms with Crippen LogP contribution in [0.25, 0.3) is 11.1 Å². The molecule has 0 aromatic heterocycles. The normalized spacial score (nSPS) is 12.6. The summed E-state index contributed by atoms with van der Waals surface area (Å²) in [7, 11) is 0. The van der Waals surface area contributed by atoms with Gasteiger partial charge in [0.05, 0.1) is 22.6 Å². The fourth-order valence-electron chi connectivity index (χ4n) is 3.97. The van der Waals surface area contributed by atoms with Crippen LogP contribution in [0.4, 0.5) is 17.1 Å². The van der Waals surface area contributed by atoms with Gasteiger partial charge in [0, 0.05) is 5.56 Å². The van der Waals surface area contributed by atoms with E-state index in [1.807, 2.05) is 80.6 Å². The van der Waals surface area contributed by atoms with Crippen LogP contribution in [0.2, 0.25) is 0 Å². The number of rotatable bonds is 2. The molecule has 0 saturated heterocycles. The predicted octanol–water partition coefficient (Wildman–Crippen LogP) is 6.97. The molecule has 1 heterocycles. The largest absolute Gasteiger partial charge is 0.421 e. The Balaban J connectivity index is 1.83. The first-order chi connectivity index (χ1) is 14.6. The maximum absolute atomic E-state index is 13.0. The Hall–Kier alpha value is -3.85. The van der Waals surface area contributed by atoms with Gasteiger partial charge in [-0.05, 0) is 55.3 Å². The summed E-state index contributed by atoms with van der Waals surface area (Å²) in [6.07, 6.45) is 0. The first-order valence-electron chi connectivity index (χ1n) is 10.00. The standard InChI is InChI=1S/C27H21NO2/c1-18-12-14-24-22(16-18)27(29)30-26-17-19(2)13-15-25(26)28(24)23-11-7-6-10-21(23)20-8-4-3-5-9-20/h3-17H,1-2H3. The van der Waals surface area contributed by atoms with E-state index in [9.17, 15) is 4.79 Å². The van der Waals surface area contributed by atoms with Crippen LogP contribution in [-0.2, 0) is 0 Å². The lowest BCUT2D eigenvalue weighted by Gasteiger charge is -2.28. The molecule has 0 N–H and O–H groups in total. The number of nitrogens with zero attached hydrogens (tertiary/aromatic N) is 1. The van der Waals surface area contributed by atoms with E-state index in [0.29, 0.717) is 11.3 Å². The number of hydrogen-bond donors (Lipinski definition) is 0. The molecule has 0 radical (unpaired) electrons. The van der Waals surface area contributed by atoms with E-state index in [1.165, 1.54) is 0 Å². The second-order valence-corrected chi connectivity index (χ2v) is 7.60. The number of carbonyl (C=O) groups is 1. The number of esters is 1.